The van der Waals surface area contributed by atoms with Crippen LogP contribution in [0.3, 0.4) is 0 Å². The summed E-state index contributed by atoms with van der Waals surface area (Å²) in [5, 5.41) is 3.33. The zero-order valence-electron chi connectivity index (χ0n) is 13.4. The van der Waals surface area contributed by atoms with Crippen molar-refractivity contribution in [3.8, 4) is 0 Å². The normalized spacial score (nSPS) is 10.9. The molecule has 8 heteroatoms. The smallest absolute Gasteiger partial charge is 0.271 e. The minimum atomic E-state index is -0.264. The largest absolute Gasteiger partial charge is 0.349 e. The molecule has 5 nitrogen and oxygen atoms in total. The van der Waals surface area contributed by atoms with Crippen LogP contribution in [0.4, 0.5) is 4.39 Å². The number of nitrogens with zero attached hydrogens (tertiary/aromatic N) is 3. The van der Waals surface area contributed by atoms with Crippen molar-refractivity contribution in [3.05, 3.63) is 52.0 Å². The molecule has 1 amide bonds. The third-order valence-corrected chi connectivity index (χ3v) is 4.58. The fraction of sp³-hybridized carbons (Fsp3) is 0.312. The van der Waals surface area contributed by atoms with Crippen LogP contribution in [0.5, 0.6) is 0 Å². The molecule has 0 saturated carbocycles. The number of halogens is 2. The molecule has 1 aromatic carbocycles. The highest BCUT2D eigenvalue weighted by molar-refractivity contribution is 9.10. The quantitative estimate of drug-likeness (QED) is 0.559. The maximum Gasteiger partial charge on any atom is 0.271 e. The Bertz CT molecular complexity index is 697. The van der Waals surface area contributed by atoms with Crippen molar-refractivity contribution < 1.29 is 9.18 Å². The van der Waals surface area contributed by atoms with Gasteiger partial charge in [-0.3, -0.25) is 4.79 Å². The van der Waals surface area contributed by atoms with Crippen molar-refractivity contribution >= 4 is 33.6 Å². The lowest BCUT2D eigenvalue weighted by Crippen LogP contribution is -2.32. The molecule has 128 valence electrons. The molecule has 1 aromatic heterocycles. The van der Waals surface area contributed by atoms with E-state index in [2.05, 4.69) is 31.2 Å². The Hall–Kier alpha value is -1.51. The van der Waals surface area contributed by atoms with Gasteiger partial charge < -0.3 is 10.2 Å². The van der Waals surface area contributed by atoms with Gasteiger partial charge in [-0.1, -0.05) is 23.9 Å². The lowest BCUT2D eigenvalue weighted by Gasteiger charge is -2.11. The number of benzene rings is 1. The van der Waals surface area contributed by atoms with Gasteiger partial charge in [0.25, 0.3) is 5.91 Å². The van der Waals surface area contributed by atoms with Gasteiger partial charge in [0.15, 0.2) is 5.16 Å². The predicted molar refractivity (Wildman–Crippen MR) is 96.6 cm³/mol. The summed E-state index contributed by atoms with van der Waals surface area (Å²) in [5.41, 5.74) is 1.27. The molecule has 0 aliphatic rings. The van der Waals surface area contributed by atoms with Crippen LogP contribution < -0.4 is 5.32 Å². The lowest BCUT2D eigenvalue weighted by molar-refractivity contribution is 0.0944. The molecule has 0 saturated heterocycles. The van der Waals surface area contributed by atoms with Gasteiger partial charge in [0.05, 0.1) is 4.47 Å². The van der Waals surface area contributed by atoms with Gasteiger partial charge in [0, 0.05) is 25.0 Å². The van der Waals surface area contributed by atoms with Crippen LogP contribution in [0, 0.1) is 5.82 Å². The number of hydrogen-bond donors (Lipinski definition) is 1. The highest BCUT2D eigenvalue weighted by Crippen LogP contribution is 2.22. The first kappa shape index (κ1) is 18.8. The first-order chi connectivity index (χ1) is 11.5. The average molecular weight is 413 g/mol. The summed E-state index contributed by atoms with van der Waals surface area (Å²) in [5.74, 6) is 0.0962. The van der Waals surface area contributed by atoms with E-state index in [9.17, 15) is 9.18 Å². The molecule has 1 heterocycles. The number of nitrogens with one attached hydrogen (secondary N) is 1. The zero-order chi connectivity index (χ0) is 17.5. The third-order valence-electron chi connectivity index (χ3n) is 3.06. The van der Waals surface area contributed by atoms with E-state index in [1.165, 1.54) is 23.9 Å². The van der Waals surface area contributed by atoms with Gasteiger partial charge in [0.1, 0.15) is 11.5 Å². The summed E-state index contributed by atoms with van der Waals surface area (Å²) in [6, 6.07) is 6.27. The third kappa shape index (κ3) is 5.85. The van der Waals surface area contributed by atoms with E-state index < -0.39 is 0 Å². The van der Waals surface area contributed by atoms with E-state index in [0.717, 1.165) is 12.1 Å². The maximum atomic E-state index is 12.9. The standard InChI is InChI=1S/C16H18BrFN4OS/c1-22(2)8-7-19-15(23)14-13(17)9-20-16(21-14)24-10-11-3-5-12(18)6-4-11/h3-6,9H,7-8,10H2,1-2H3,(H,19,23). The Morgan fingerprint density at radius 2 is 2.04 bits per heavy atom. The summed E-state index contributed by atoms with van der Waals surface area (Å²) in [4.78, 5) is 22.7. The molecular weight excluding hydrogens is 395 g/mol. The molecule has 1 N–H and O–H groups in total. The number of carbonyl (C=O) groups is 1. The van der Waals surface area contributed by atoms with Crippen molar-refractivity contribution in [2.24, 2.45) is 0 Å². The molecule has 0 bridgehead atoms. The van der Waals surface area contributed by atoms with E-state index in [0.29, 0.717) is 27.6 Å². The summed E-state index contributed by atoms with van der Waals surface area (Å²) in [6.07, 6.45) is 1.57. The number of likely N-dealkylation sites (N-methyl/N-ethyl adjacent to an activating group) is 1. The molecule has 0 fully saturated rings. The summed E-state index contributed by atoms with van der Waals surface area (Å²) >= 11 is 4.70. The minimum Gasteiger partial charge on any atom is -0.349 e. The monoisotopic (exact) mass is 412 g/mol. The van der Waals surface area contributed by atoms with Crippen LogP contribution >= 0.6 is 27.7 Å². The topological polar surface area (TPSA) is 58.1 Å². The van der Waals surface area contributed by atoms with Gasteiger partial charge in [0.2, 0.25) is 0 Å². The molecule has 0 radical (unpaired) electrons. The highest BCUT2D eigenvalue weighted by Gasteiger charge is 2.14. The minimum absolute atomic E-state index is 0.241. The number of thioether (sulfide) groups is 1. The molecule has 2 aromatic rings. The van der Waals surface area contributed by atoms with Crippen molar-refractivity contribution in [2.45, 2.75) is 10.9 Å². The van der Waals surface area contributed by atoms with Gasteiger partial charge in [-0.15, -0.1) is 0 Å². The van der Waals surface area contributed by atoms with Gasteiger partial charge in [-0.05, 0) is 47.7 Å². The van der Waals surface area contributed by atoms with Crippen molar-refractivity contribution in [1.82, 2.24) is 20.2 Å². The Morgan fingerprint density at radius 3 is 2.71 bits per heavy atom. The molecule has 24 heavy (non-hydrogen) atoms. The van der Waals surface area contributed by atoms with E-state index in [-0.39, 0.29) is 11.7 Å². The van der Waals surface area contributed by atoms with Gasteiger partial charge in [-0.25, -0.2) is 14.4 Å². The van der Waals surface area contributed by atoms with Crippen molar-refractivity contribution in [1.29, 1.82) is 0 Å². The van der Waals surface area contributed by atoms with Crippen LogP contribution in [0.2, 0.25) is 0 Å². The molecule has 0 spiro atoms. The number of amides is 1. The van der Waals surface area contributed by atoms with E-state index in [4.69, 9.17) is 0 Å². The maximum absolute atomic E-state index is 12.9. The van der Waals surface area contributed by atoms with E-state index in [1.807, 2.05) is 19.0 Å². The van der Waals surface area contributed by atoms with Crippen LogP contribution in [0.25, 0.3) is 0 Å². The SMILES string of the molecule is CN(C)CCNC(=O)c1nc(SCc2ccc(F)cc2)ncc1Br. The lowest BCUT2D eigenvalue weighted by atomic mass is 10.2. The number of carbonyl (C=O) groups excluding carboxylic acids is 1. The van der Waals surface area contributed by atoms with Crippen LogP contribution in [0.15, 0.2) is 40.1 Å². The molecule has 0 aliphatic carbocycles. The summed E-state index contributed by atoms with van der Waals surface area (Å²) in [6.45, 7) is 1.29. The van der Waals surface area contributed by atoms with E-state index >= 15 is 0 Å². The molecular formula is C16H18BrFN4OS. The fourth-order valence-corrected chi connectivity index (χ4v) is 2.93. The second-order valence-corrected chi connectivity index (χ2v) is 7.12. The Morgan fingerprint density at radius 1 is 1.33 bits per heavy atom. The average Bonchev–Trinajstić information content (AvgIpc) is 2.55. The van der Waals surface area contributed by atoms with Crippen molar-refractivity contribution in [3.63, 3.8) is 0 Å². The van der Waals surface area contributed by atoms with Crippen LogP contribution in [-0.2, 0) is 5.75 Å². The van der Waals surface area contributed by atoms with Gasteiger partial charge >= 0.3 is 0 Å². The number of rotatable bonds is 7. The van der Waals surface area contributed by atoms with E-state index in [1.54, 1.807) is 18.3 Å². The molecule has 0 unspecified atom stereocenters. The zero-order valence-corrected chi connectivity index (χ0v) is 15.8. The van der Waals surface area contributed by atoms with Crippen LogP contribution in [0.1, 0.15) is 16.1 Å². The Balaban J connectivity index is 1.99. The fourth-order valence-electron chi connectivity index (χ4n) is 1.78. The first-order valence-corrected chi connectivity index (χ1v) is 9.06. The number of hydrogen-bond acceptors (Lipinski definition) is 5. The van der Waals surface area contributed by atoms with Crippen LogP contribution in [-0.4, -0.2) is 48.0 Å². The molecule has 0 atom stereocenters. The molecule has 0 aliphatic heterocycles. The number of aromatic nitrogens is 2. The second-order valence-electron chi connectivity index (χ2n) is 5.32. The van der Waals surface area contributed by atoms with Gasteiger partial charge in [-0.2, -0.15) is 0 Å². The second kappa shape index (κ2) is 9.10. The highest BCUT2D eigenvalue weighted by atomic mass is 79.9. The summed E-state index contributed by atoms with van der Waals surface area (Å²) < 4.78 is 13.5. The predicted octanol–water partition coefficient (Wildman–Crippen LogP) is 2.96. The first-order valence-electron chi connectivity index (χ1n) is 7.28. The molecule has 2 rings (SSSR count). The Kier molecular flexibility index (Phi) is 7.14. The Labute approximate surface area is 153 Å². The van der Waals surface area contributed by atoms with Crippen molar-refractivity contribution in [2.75, 3.05) is 27.2 Å². The summed E-state index contributed by atoms with van der Waals surface area (Å²) in [7, 11) is 3.88.